The van der Waals surface area contributed by atoms with Crippen LogP contribution in [0.25, 0.3) is 0 Å². The van der Waals surface area contributed by atoms with E-state index in [1.54, 1.807) is 6.08 Å². The number of aliphatic hydroxyl groups excluding tert-OH is 1. The highest BCUT2D eigenvalue weighted by Crippen LogP contribution is 2.38. The van der Waals surface area contributed by atoms with Crippen LogP contribution in [0.1, 0.15) is 200 Å². The lowest BCUT2D eigenvalue weighted by Gasteiger charge is -2.29. The predicted molar refractivity (Wildman–Crippen MR) is 306 cm³/mol. The number of unbranched alkanes of at least 4 members (excludes halogenated alkanes) is 16. The third-order valence-electron chi connectivity index (χ3n) is 11.6. The van der Waals surface area contributed by atoms with Crippen molar-refractivity contribution in [3.63, 3.8) is 0 Å². The van der Waals surface area contributed by atoms with E-state index in [4.69, 9.17) is 9.05 Å². The monoisotopic (exact) mass is 1000 g/mol. The smallest absolute Gasteiger partial charge is 0.268 e. The number of hydrogen-bond donors (Lipinski definition) is 2. The van der Waals surface area contributed by atoms with Crippen LogP contribution in [0, 0.1) is 0 Å². The first-order chi connectivity index (χ1) is 34.5. The molecule has 0 aromatic rings. The molecule has 0 aliphatic rings. The van der Waals surface area contributed by atoms with Gasteiger partial charge < -0.3 is 28.8 Å². The summed E-state index contributed by atoms with van der Waals surface area (Å²) in [5.74, 6) is -0.219. The summed E-state index contributed by atoms with van der Waals surface area (Å²) in [4.78, 5) is 25.4. The molecule has 71 heavy (non-hydrogen) atoms. The maximum absolute atomic E-state index is 12.9. The SMILES string of the molecule is CC/C=C\C/C=C\C/C=C\C/C=C\C/C=C\C/C=C\C/C=C\C/C=C\C/C=C\C/C=C\CCCCCCCCC(=O)NC(COP(=O)([O-])OCC[N+](C)(C)C)C(O)/C=C/CCCCCCCCCCCC. The van der Waals surface area contributed by atoms with E-state index in [-0.39, 0.29) is 12.5 Å². The molecule has 0 aromatic carbocycles. The second-order valence-corrected chi connectivity index (χ2v) is 21.0. The van der Waals surface area contributed by atoms with Crippen LogP contribution in [0.15, 0.2) is 134 Å². The summed E-state index contributed by atoms with van der Waals surface area (Å²) >= 11 is 0. The van der Waals surface area contributed by atoms with Gasteiger partial charge in [-0.2, -0.15) is 0 Å². The molecule has 0 aromatic heterocycles. The van der Waals surface area contributed by atoms with Crippen molar-refractivity contribution in [2.24, 2.45) is 0 Å². The number of quaternary nitrogens is 1. The number of carbonyl (C=O) groups excluding carboxylic acids is 1. The maximum Gasteiger partial charge on any atom is 0.268 e. The molecule has 0 saturated heterocycles. The minimum absolute atomic E-state index is 0.0112. The zero-order chi connectivity index (χ0) is 52.0. The van der Waals surface area contributed by atoms with Gasteiger partial charge in [0.05, 0.1) is 39.9 Å². The highest BCUT2D eigenvalue weighted by molar-refractivity contribution is 7.45. The zero-order valence-electron chi connectivity index (χ0n) is 45.9. The molecule has 0 fully saturated rings. The molecule has 3 atom stereocenters. The van der Waals surface area contributed by atoms with E-state index in [1.165, 1.54) is 51.4 Å². The van der Waals surface area contributed by atoms with E-state index >= 15 is 0 Å². The van der Waals surface area contributed by atoms with Gasteiger partial charge in [0.2, 0.25) is 5.91 Å². The van der Waals surface area contributed by atoms with Crippen molar-refractivity contribution in [2.75, 3.05) is 40.9 Å². The van der Waals surface area contributed by atoms with E-state index in [9.17, 15) is 19.4 Å². The quantitative estimate of drug-likeness (QED) is 0.0272. The summed E-state index contributed by atoms with van der Waals surface area (Å²) in [5.41, 5.74) is 0. The molecule has 8 nitrogen and oxygen atoms in total. The Balaban J connectivity index is 4.19. The Morgan fingerprint density at radius 2 is 0.859 bits per heavy atom. The number of hydrogen-bond acceptors (Lipinski definition) is 6. The molecule has 0 radical (unpaired) electrons. The summed E-state index contributed by atoms with van der Waals surface area (Å²) < 4.78 is 23.2. The summed E-state index contributed by atoms with van der Waals surface area (Å²) in [6.45, 7) is 4.49. The van der Waals surface area contributed by atoms with Crippen LogP contribution in [0.4, 0.5) is 0 Å². The summed E-state index contributed by atoms with van der Waals surface area (Å²) in [6, 6.07) is -0.903. The number of carbonyl (C=O) groups is 1. The van der Waals surface area contributed by atoms with Crippen LogP contribution in [-0.4, -0.2) is 68.5 Å². The molecule has 0 spiro atoms. The van der Waals surface area contributed by atoms with Crippen LogP contribution in [-0.2, 0) is 18.4 Å². The zero-order valence-corrected chi connectivity index (χ0v) is 46.8. The van der Waals surface area contributed by atoms with E-state index in [0.717, 1.165) is 128 Å². The van der Waals surface area contributed by atoms with E-state index in [2.05, 4.69) is 141 Å². The minimum atomic E-state index is -4.60. The van der Waals surface area contributed by atoms with Crippen molar-refractivity contribution >= 4 is 13.7 Å². The van der Waals surface area contributed by atoms with Gasteiger partial charge in [-0.05, 0) is 96.3 Å². The number of phosphoric ester groups is 1. The molecule has 2 N–H and O–H groups in total. The van der Waals surface area contributed by atoms with Crippen molar-refractivity contribution in [2.45, 2.75) is 212 Å². The van der Waals surface area contributed by atoms with E-state index in [0.29, 0.717) is 17.4 Å². The van der Waals surface area contributed by atoms with Gasteiger partial charge in [0.1, 0.15) is 13.2 Å². The fraction of sp³-hybridized carbons (Fsp3) is 0.629. The molecule has 9 heteroatoms. The molecule has 0 saturated carbocycles. The summed E-state index contributed by atoms with van der Waals surface area (Å²) in [7, 11) is 1.23. The van der Waals surface area contributed by atoms with E-state index < -0.39 is 26.6 Å². The number of aliphatic hydroxyl groups is 1. The number of phosphoric acid groups is 1. The van der Waals surface area contributed by atoms with Gasteiger partial charge in [0.15, 0.2) is 0 Å². The lowest BCUT2D eigenvalue weighted by molar-refractivity contribution is -0.870. The fourth-order valence-corrected chi connectivity index (χ4v) is 7.96. The lowest BCUT2D eigenvalue weighted by atomic mass is 10.1. The molecule has 0 rings (SSSR count). The molecule has 0 aliphatic carbocycles. The van der Waals surface area contributed by atoms with Crippen LogP contribution >= 0.6 is 7.82 Å². The standard InChI is InChI=1S/C62H105N2O6P/c1-6-8-10-12-14-16-18-20-21-22-23-24-25-26-27-28-29-30-31-32-33-34-35-36-37-38-39-40-41-42-43-44-46-48-50-52-54-56-62(66)63-60(59-70-71(67,68)69-58-57-64(3,4)5)61(65)55-53-51-49-47-45-19-17-15-13-11-9-7-2/h8,10,14,16,20-21,23-24,26-27,29-30,32-33,35-36,38-39,41-42,53,55,60-61,65H,6-7,9,11-13,15,17-19,22,25,28,31,34,37,40,43-52,54,56-59H2,1-5H3,(H-,63,66,67,68)/b10-8-,16-14-,21-20-,24-23-,27-26-,30-29-,33-32-,36-35-,39-38-,42-41-,55-53+. The lowest BCUT2D eigenvalue weighted by Crippen LogP contribution is -2.45. The molecule has 3 unspecified atom stereocenters. The van der Waals surface area contributed by atoms with Gasteiger partial charge in [0, 0.05) is 6.42 Å². The molecular weight excluding hydrogens is 900 g/mol. The van der Waals surface area contributed by atoms with Crippen LogP contribution < -0.4 is 10.2 Å². The van der Waals surface area contributed by atoms with Crippen LogP contribution in [0.3, 0.4) is 0 Å². The van der Waals surface area contributed by atoms with Gasteiger partial charge in [-0.1, -0.05) is 231 Å². The Morgan fingerprint density at radius 3 is 1.25 bits per heavy atom. The first-order valence-corrected chi connectivity index (χ1v) is 29.5. The van der Waals surface area contributed by atoms with Gasteiger partial charge in [-0.15, -0.1) is 0 Å². The second-order valence-electron chi connectivity index (χ2n) is 19.6. The van der Waals surface area contributed by atoms with Gasteiger partial charge in [-0.25, -0.2) is 0 Å². The van der Waals surface area contributed by atoms with Crippen molar-refractivity contribution < 1.29 is 32.9 Å². The molecule has 0 bridgehead atoms. The molecule has 404 valence electrons. The molecule has 0 heterocycles. The number of allylic oxidation sites excluding steroid dienone is 21. The Hall–Kier alpha value is -3.36. The summed E-state index contributed by atoms with van der Waals surface area (Å²) in [5, 5.41) is 13.8. The van der Waals surface area contributed by atoms with Gasteiger partial charge >= 0.3 is 0 Å². The average molecular weight is 1010 g/mol. The first-order valence-electron chi connectivity index (χ1n) is 28.0. The topological polar surface area (TPSA) is 108 Å². The summed E-state index contributed by atoms with van der Waals surface area (Å²) in [6.07, 6.45) is 78.1. The Labute approximate surface area is 436 Å². The van der Waals surface area contributed by atoms with Gasteiger partial charge in [-0.3, -0.25) is 9.36 Å². The predicted octanol–water partition coefficient (Wildman–Crippen LogP) is 16.5. The largest absolute Gasteiger partial charge is 0.756 e. The Morgan fingerprint density at radius 1 is 0.507 bits per heavy atom. The third-order valence-corrected chi connectivity index (χ3v) is 12.6. The fourth-order valence-electron chi connectivity index (χ4n) is 7.24. The van der Waals surface area contributed by atoms with Gasteiger partial charge in [0.25, 0.3) is 7.82 Å². The maximum atomic E-state index is 12.9. The number of amides is 1. The van der Waals surface area contributed by atoms with Crippen LogP contribution in [0.2, 0.25) is 0 Å². The first kappa shape index (κ1) is 67.6. The number of nitrogens with zero attached hydrogens (tertiary/aromatic N) is 1. The minimum Gasteiger partial charge on any atom is -0.756 e. The number of rotatable bonds is 49. The second kappa shape index (κ2) is 51.5. The number of likely N-dealkylation sites (N-methyl/N-ethyl adjacent to an activating group) is 1. The van der Waals surface area contributed by atoms with Crippen molar-refractivity contribution in [3.8, 4) is 0 Å². The molecule has 0 aliphatic heterocycles. The molecular formula is C62H105N2O6P. The highest BCUT2D eigenvalue weighted by Gasteiger charge is 2.23. The highest BCUT2D eigenvalue weighted by atomic mass is 31.2. The third kappa shape index (κ3) is 54.3. The van der Waals surface area contributed by atoms with Crippen molar-refractivity contribution in [1.29, 1.82) is 0 Å². The Kier molecular flexibility index (Phi) is 49.1. The Bertz CT molecular complexity index is 1610. The molecule has 1 amide bonds. The normalized spacial score (nSPS) is 15.0. The van der Waals surface area contributed by atoms with Crippen molar-refractivity contribution in [1.82, 2.24) is 5.32 Å². The van der Waals surface area contributed by atoms with Crippen molar-refractivity contribution in [3.05, 3.63) is 134 Å². The van der Waals surface area contributed by atoms with Crippen LogP contribution in [0.5, 0.6) is 0 Å². The average Bonchev–Trinajstić information content (AvgIpc) is 3.33. The number of nitrogens with one attached hydrogen (secondary N) is 1. The van der Waals surface area contributed by atoms with E-state index in [1.807, 2.05) is 27.2 Å².